The first-order chi connectivity index (χ1) is 10.8. The third-order valence-corrected chi connectivity index (χ3v) is 3.23. The second-order valence-electron chi connectivity index (χ2n) is 4.70. The fourth-order valence-electron chi connectivity index (χ4n) is 2.13. The fourth-order valence-corrected chi connectivity index (χ4v) is 2.13. The van der Waals surface area contributed by atoms with Crippen molar-refractivity contribution in [2.45, 2.75) is 6.92 Å². The number of para-hydroxylation sites is 3. The van der Waals surface area contributed by atoms with E-state index in [2.05, 4.69) is 20.7 Å². The normalized spacial score (nSPS) is 12.6. The van der Waals surface area contributed by atoms with E-state index >= 15 is 0 Å². The number of anilines is 1. The first-order valence-electron chi connectivity index (χ1n) is 6.80. The van der Waals surface area contributed by atoms with Gasteiger partial charge in [0.15, 0.2) is 0 Å². The number of rotatable bonds is 3. The van der Waals surface area contributed by atoms with Gasteiger partial charge in [-0.3, -0.25) is 9.99 Å². The molecule has 0 amide bonds. The Bertz CT molecular complexity index is 836. The summed E-state index contributed by atoms with van der Waals surface area (Å²) in [7, 11) is 0. The summed E-state index contributed by atoms with van der Waals surface area (Å²) in [5, 5.41) is 17.0. The van der Waals surface area contributed by atoms with Gasteiger partial charge < -0.3 is 5.21 Å². The molecular weight excluding hydrogens is 278 g/mol. The summed E-state index contributed by atoms with van der Waals surface area (Å²) in [6, 6.07) is 17.2. The van der Waals surface area contributed by atoms with E-state index in [0.717, 1.165) is 16.7 Å². The Balaban J connectivity index is 1.91. The van der Waals surface area contributed by atoms with Crippen LogP contribution in [0.4, 0.5) is 5.69 Å². The van der Waals surface area contributed by atoms with Gasteiger partial charge in [0.05, 0.1) is 16.7 Å². The van der Waals surface area contributed by atoms with Gasteiger partial charge in [0.2, 0.25) is 5.84 Å². The third kappa shape index (κ3) is 2.67. The predicted octanol–water partition coefficient (Wildman–Crippen LogP) is 3.16. The summed E-state index contributed by atoms with van der Waals surface area (Å²) in [6.07, 6.45) is 1.61. The van der Waals surface area contributed by atoms with Crippen molar-refractivity contribution >= 4 is 28.3 Å². The van der Waals surface area contributed by atoms with E-state index in [4.69, 9.17) is 0 Å². The summed E-state index contributed by atoms with van der Waals surface area (Å²) in [5.74, 6) is 0.317. The van der Waals surface area contributed by atoms with Crippen LogP contribution in [0.15, 0.2) is 71.2 Å². The second-order valence-corrected chi connectivity index (χ2v) is 4.70. The van der Waals surface area contributed by atoms with Crippen LogP contribution in [0.25, 0.3) is 11.0 Å². The summed E-state index contributed by atoms with van der Waals surface area (Å²) in [6.45, 7) is 1.76. The van der Waals surface area contributed by atoms with Gasteiger partial charge in [-0.15, -0.1) is 0 Å². The molecule has 6 heteroatoms. The van der Waals surface area contributed by atoms with Crippen molar-refractivity contribution in [3.8, 4) is 0 Å². The zero-order valence-electron chi connectivity index (χ0n) is 12.0. The zero-order valence-corrected chi connectivity index (χ0v) is 12.0. The lowest BCUT2D eigenvalue weighted by molar-refractivity contribution is 0.318. The molecule has 3 rings (SSSR count). The van der Waals surface area contributed by atoms with Gasteiger partial charge in [-0.05, 0) is 31.2 Å². The van der Waals surface area contributed by atoms with E-state index in [1.165, 1.54) is 0 Å². The van der Waals surface area contributed by atoms with Crippen LogP contribution in [0.1, 0.15) is 6.92 Å². The number of benzene rings is 2. The Morgan fingerprint density at radius 2 is 1.82 bits per heavy atom. The van der Waals surface area contributed by atoms with Crippen molar-refractivity contribution in [1.29, 1.82) is 0 Å². The Hall–Kier alpha value is -3.15. The first-order valence-corrected chi connectivity index (χ1v) is 6.80. The van der Waals surface area contributed by atoms with Gasteiger partial charge in [-0.1, -0.05) is 35.5 Å². The molecule has 2 N–H and O–H groups in total. The van der Waals surface area contributed by atoms with E-state index in [1.54, 1.807) is 17.8 Å². The molecule has 0 aliphatic carbocycles. The largest absolute Gasteiger partial charge is 0.409 e. The zero-order chi connectivity index (χ0) is 15.4. The van der Waals surface area contributed by atoms with Crippen LogP contribution in [-0.2, 0) is 0 Å². The number of fused-ring (bicyclic) bond motifs is 1. The minimum Gasteiger partial charge on any atom is -0.409 e. The van der Waals surface area contributed by atoms with Gasteiger partial charge in [0.1, 0.15) is 12.0 Å². The lowest BCUT2D eigenvalue weighted by Crippen LogP contribution is -2.21. The van der Waals surface area contributed by atoms with Crippen LogP contribution in [-0.4, -0.2) is 26.3 Å². The van der Waals surface area contributed by atoms with Gasteiger partial charge in [-0.25, -0.2) is 4.98 Å². The topological polar surface area (TPSA) is 74.8 Å². The number of hydrogen-bond donors (Lipinski definition) is 2. The van der Waals surface area contributed by atoms with E-state index in [1.807, 2.05) is 54.6 Å². The smallest absolute Gasteiger partial charge is 0.201 e. The number of hydrazone groups is 1. The fraction of sp³-hybridized carbons (Fsp3) is 0.0625. The molecule has 2 aromatic carbocycles. The summed E-state index contributed by atoms with van der Waals surface area (Å²) < 4.78 is 1.70. The number of hydrogen-bond acceptors (Lipinski definition) is 5. The molecule has 0 saturated heterocycles. The van der Waals surface area contributed by atoms with Gasteiger partial charge in [0, 0.05) is 0 Å². The molecule has 0 unspecified atom stereocenters. The van der Waals surface area contributed by atoms with Crippen molar-refractivity contribution < 1.29 is 5.21 Å². The van der Waals surface area contributed by atoms with Crippen molar-refractivity contribution in [3.63, 3.8) is 0 Å². The van der Waals surface area contributed by atoms with Crippen LogP contribution < -0.4 is 5.43 Å². The molecule has 0 aliphatic rings. The quantitative estimate of drug-likeness (QED) is 0.337. The third-order valence-electron chi connectivity index (χ3n) is 3.23. The minimum absolute atomic E-state index is 0.317. The SMILES string of the molecule is CC(=NNc1ccccc1)C(=NO)n1cnc2ccccc21. The molecule has 0 atom stereocenters. The molecule has 3 aromatic rings. The van der Waals surface area contributed by atoms with Crippen molar-refractivity contribution in [1.82, 2.24) is 9.55 Å². The molecular formula is C16H15N5O. The molecule has 1 aromatic heterocycles. The maximum absolute atomic E-state index is 9.36. The Labute approximate surface area is 127 Å². The molecule has 0 aliphatic heterocycles. The average Bonchev–Trinajstić information content (AvgIpc) is 2.99. The molecule has 0 fully saturated rings. The first kappa shape index (κ1) is 13.8. The maximum atomic E-state index is 9.36. The lowest BCUT2D eigenvalue weighted by Gasteiger charge is -2.07. The second kappa shape index (κ2) is 6.09. The van der Waals surface area contributed by atoms with E-state index in [-0.39, 0.29) is 0 Å². The molecule has 6 nitrogen and oxygen atoms in total. The predicted molar refractivity (Wildman–Crippen MR) is 87.5 cm³/mol. The highest BCUT2D eigenvalue weighted by molar-refractivity contribution is 6.42. The van der Waals surface area contributed by atoms with Crippen molar-refractivity contribution in [2.75, 3.05) is 5.43 Å². The summed E-state index contributed by atoms with van der Waals surface area (Å²) >= 11 is 0. The summed E-state index contributed by atoms with van der Waals surface area (Å²) in [5.41, 5.74) is 6.00. The highest BCUT2D eigenvalue weighted by Gasteiger charge is 2.11. The standard InChI is InChI=1S/C16H15N5O/c1-12(18-19-13-7-3-2-4-8-13)16(20-22)21-11-17-14-9-5-6-10-15(14)21/h2-11,19,22H,1H3. The Morgan fingerprint density at radius 1 is 1.09 bits per heavy atom. The number of oxime groups is 1. The molecule has 22 heavy (non-hydrogen) atoms. The highest BCUT2D eigenvalue weighted by Crippen LogP contribution is 2.12. The van der Waals surface area contributed by atoms with Crippen molar-refractivity contribution in [3.05, 3.63) is 60.9 Å². The van der Waals surface area contributed by atoms with E-state index < -0.39 is 0 Å². The van der Waals surface area contributed by atoms with E-state index in [0.29, 0.717) is 11.5 Å². The van der Waals surface area contributed by atoms with Gasteiger partial charge in [-0.2, -0.15) is 5.10 Å². The van der Waals surface area contributed by atoms with Crippen LogP contribution in [0.3, 0.4) is 0 Å². The van der Waals surface area contributed by atoms with Crippen LogP contribution in [0, 0.1) is 0 Å². The number of imidazole rings is 1. The number of nitrogens with zero attached hydrogens (tertiary/aromatic N) is 4. The molecule has 0 radical (unpaired) electrons. The molecule has 0 bridgehead atoms. The number of aromatic nitrogens is 2. The van der Waals surface area contributed by atoms with Crippen molar-refractivity contribution in [2.24, 2.45) is 10.3 Å². The summed E-state index contributed by atoms with van der Waals surface area (Å²) in [4.78, 5) is 4.28. The molecule has 0 spiro atoms. The van der Waals surface area contributed by atoms with Crippen LogP contribution in [0.5, 0.6) is 0 Å². The highest BCUT2D eigenvalue weighted by atomic mass is 16.4. The number of nitrogens with one attached hydrogen (secondary N) is 1. The van der Waals surface area contributed by atoms with E-state index in [9.17, 15) is 5.21 Å². The van der Waals surface area contributed by atoms with Crippen LogP contribution in [0.2, 0.25) is 0 Å². The van der Waals surface area contributed by atoms with Gasteiger partial charge >= 0.3 is 0 Å². The molecule has 110 valence electrons. The van der Waals surface area contributed by atoms with Crippen LogP contribution >= 0.6 is 0 Å². The molecule has 0 saturated carbocycles. The Morgan fingerprint density at radius 3 is 2.59 bits per heavy atom. The van der Waals surface area contributed by atoms with Gasteiger partial charge in [0.25, 0.3) is 0 Å². The Kier molecular flexibility index (Phi) is 3.82. The lowest BCUT2D eigenvalue weighted by atomic mass is 10.3. The average molecular weight is 293 g/mol. The maximum Gasteiger partial charge on any atom is 0.201 e. The molecule has 1 heterocycles. The minimum atomic E-state index is 0.317. The monoisotopic (exact) mass is 293 g/mol.